The summed E-state index contributed by atoms with van der Waals surface area (Å²) in [5, 5.41) is 3.63. The van der Waals surface area contributed by atoms with E-state index < -0.39 is 18.3 Å². The highest BCUT2D eigenvalue weighted by Crippen LogP contribution is 2.39. The smallest absolute Gasteiger partial charge is 0.410 e. The van der Waals surface area contributed by atoms with Gasteiger partial charge in [0.15, 0.2) is 11.5 Å². The van der Waals surface area contributed by atoms with Crippen molar-refractivity contribution in [2.45, 2.75) is 64.2 Å². The molecule has 31 heavy (non-hydrogen) atoms. The van der Waals surface area contributed by atoms with Gasteiger partial charge in [-0.3, -0.25) is 0 Å². The molecule has 1 unspecified atom stereocenters. The van der Waals surface area contributed by atoms with E-state index >= 15 is 0 Å². The zero-order valence-electron chi connectivity index (χ0n) is 18.0. The first kappa shape index (κ1) is 22.9. The zero-order chi connectivity index (χ0) is 22.6. The highest BCUT2D eigenvalue weighted by atomic mass is 19.3. The van der Waals surface area contributed by atoms with Gasteiger partial charge >= 0.3 is 12.7 Å². The van der Waals surface area contributed by atoms with Gasteiger partial charge in [0.2, 0.25) is 0 Å². The summed E-state index contributed by atoms with van der Waals surface area (Å²) in [5.74, 6) is 0.625. The lowest BCUT2D eigenvalue weighted by Crippen LogP contribution is -2.41. The number of benzene rings is 1. The second-order valence-electron chi connectivity index (χ2n) is 8.97. The van der Waals surface area contributed by atoms with E-state index in [0.29, 0.717) is 25.5 Å². The van der Waals surface area contributed by atoms with E-state index in [0.717, 1.165) is 18.4 Å². The van der Waals surface area contributed by atoms with Crippen LogP contribution in [0.5, 0.6) is 11.5 Å². The van der Waals surface area contributed by atoms with Crippen LogP contribution in [0, 0.1) is 5.92 Å². The lowest BCUT2D eigenvalue weighted by molar-refractivity contribution is -0.0515. The first-order valence-corrected chi connectivity index (χ1v) is 10.4. The molecule has 2 aliphatic rings. The number of ether oxygens (including phenoxy) is 3. The molecule has 1 heterocycles. The lowest BCUT2D eigenvalue weighted by Gasteiger charge is -2.28. The van der Waals surface area contributed by atoms with E-state index in [4.69, 9.17) is 15.0 Å². The van der Waals surface area contributed by atoms with Crippen LogP contribution in [0.4, 0.5) is 13.6 Å². The molecular formula is C21H28F2N4O4. The summed E-state index contributed by atoms with van der Waals surface area (Å²) in [6.07, 6.45) is 2.21. The van der Waals surface area contributed by atoms with Gasteiger partial charge in [0.1, 0.15) is 5.60 Å². The largest absolute Gasteiger partial charge is 0.489 e. The molecule has 0 spiro atoms. The van der Waals surface area contributed by atoms with Crippen molar-refractivity contribution in [1.29, 1.82) is 0 Å². The Morgan fingerprint density at radius 1 is 1.32 bits per heavy atom. The summed E-state index contributed by atoms with van der Waals surface area (Å²) in [5.41, 5.74) is 8.88. The number of carbonyl (C=O) groups is 1. The Hall–Kier alpha value is -2.74. The molecule has 1 aliphatic carbocycles. The minimum Gasteiger partial charge on any atom is -0.489 e. The Labute approximate surface area is 180 Å². The third-order valence-corrected chi connectivity index (χ3v) is 5.22. The Morgan fingerprint density at radius 2 is 2.06 bits per heavy atom. The Bertz CT molecular complexity index is 835. The summed E-state index contributed by atoms with van der Waals surface area (Å²) in [7, 11) is 0. The molecule has 1 saturated heterocycles. The zero-order valence-corrected chi connectivity index (χ0v) is 18.0. The average Bonchev–Trinajstić information content (AvgIpc) is 3.41. The molecule has 1 amide bonds. The van der Waals surface area contributed by atoms with Crippen molar-refractivity contribution < 1.29 is 27.8 Å². The molecule has 0 bridgehead atoms. The standard InChI is InChI=1S/C21H28F2N4O4/c1-21(2,3)31-20(28)27-11-15(8-16(27)10-25-26-24)14-6-7-17(30-19(22)23)18(9-14)29-12-13-4-5-13/h6-7,9,13,15-16,19H,4-5,8,10-12H2,1-3H3/t15?,16-/m0/s1. The first-order chi connectivity index (χ1) is 14.7. The number of alkyl halides is 2. The first-order valence-electron chi connectivity index (χ1n) is 10.4. The van der Waals surface area contributed by atoms with Crippen LogP contribution in [0.1, 0.15) is 51.5 Å². The maximum Gasteiger partial charge on any atom is 0.410 e. The fraction of sp³-hybridized carbons (Fsp3) is 0.667. The normalized spacial score (nSPS) is 21.0. The van der Waals surface area contributed by atoms with E-state index in [1.807, 2.05) is 0 Å². The van der Waals surface area contributed by atoms with E-state index in [1.54, 1.807) is 37.8 Å². The molecule has 3 rings (SSSR count). The fourth-order valence-corrected chi connectivity index (χ4v) is 3.58. The number of hydrogen-bond acceptors (Lipinski definition) is 5. The molecule has 0 aromatic heterocycles. The highest BCUT2D eigenvalue weighted by molar-refractivity contribution is 5.69. The molecule has 1 saturated carbocycles. The maximum atomic E-state index is 12.8. The number of carbonyl (C=O) groups excluding carboxylic acids is 1. The van der Waals surface area contributed by atoms with Gasteiger partial charge in [-0.15, -0.1) is 0 Å². The highest BCUT2D eigenvalue weighted by Gasteiger charge is 2.38. The number of halogens is 2. The van der Waals surface area contributed by atoms with Gasteiger partial charge in [-0.2, -0.15) is 8.78 Å². The van der Waals surface area contributed by atoms with Crippen LogP contribution in [0.15, 0.2) is 23.3 Å². The van der Waals surface area contributed by atoms with E-state index in [9.17, 15) is 13.6 Å². The Balaban J connectivity index is 1.80. The molecule has 1 aromatic carbocycles. The van der Waals surface area contributed by atoms with Crippen molar-refractivity contribution in [3.63, 3.8) is 0 Å². The quantitative estimate of drug-likeness (QED) is 0.305. The van der Waals surface area contributed by atoms with Crippen molar-refractivity contribution in [3.8, 4) is 11.5 Å². The van der Waals surface area contributed by atoms with Crippen LogP contribution in [0.25, 0.3) is 10.4 Å². The maximum absolute atomic E-state index is 12.8. The van der Waals surface area contributed by atoms with Crippen LogP contribution in [0.2, 0.25) is 0 Å². The summed E-state index contributed by atoms with van der Waals surface area (Å²) < 4.78 is 41.4. The van der Waals surface area contributed by atoms with E-state index in [2.05, 4.69) is 14.8 Å². The van der Waals surface area contributed by atoms with Gasteiger partial charge in [-0.25, -0.2) is 4.79 Å². The molecule has 170 valence electrons. The van der Waals surface area contributed by atoms with Gasteiger partial charge in [-0.05, 0) is 69.2 Å². The molecular weight excluding hydrogens is 410 g/mol. The average molecular weight is 438 g/mol. The minimum absolute atomic E-state index is 0.00738. The number of likely N-dealkylation sites (tertiary alicyclic amines) is 1. The third-order valence-electron chi connectivity index (χ3n) is 5.22. The predicted octanol–water partition coefficient (Wildman–Crippen LogP) is 5.48. The van der Waals surface area contributed by atoms with E-state index in [-0.39, 0.29) is 30.0 Å². The van der Waals surface area contributed by atoms with Crippen molar-refractivity contribution in [2.24, 2.45) is 11.0 Å². The molecule has 0 radical (unpaired) electrons. The Kier molecular flexibility index (Phi) is 7.10. The third kappa shape index (κ3) is 6.62. The van der Waals surface area contributed by atoms with Crippen LogP contribution in [0.3, 0.4) is 0 Å². The summed E-state index contributed by atoms with van der Waals surface area (Å²) in [4.78, 5) is 17.1. The van der Waals surface area contributed by atoms with Gasteiger partial charge in [0.25, 0.3) is 0 Å². The minimum atomic E-state index is -2.95. The number of nitrogens with zero attached hydrogens (tertiary/aromatic N) is 4. The number of azide groups is 1. The molecule has 2 atom stereocenters. The summed E-state index contributed by atoms with van der Waals surface area (Å²) >= 11 is 0. The van der Waals surface area contributed by atoms with Crippen molar-refractivity contribution in [1.82, 2.24) is 4.90 Å². The van der Waals surface area contributed by atoms with Crippen LogP contribution >= 0.6 is 0 Å². The van der Waals surface area contributed by atoms with Gasteiger partial charge in [0, 0.05) is 30.0 Å². The molecule has 1 aliphatic heterocycles. The monoisotopic (exact) mass is 438 g/mol. The second-order valence-corrected chi connectivity index (χ2v) is 8.97. The summed E-state index contributed by atoms with van der Waals surface area (Å²) in [6.45, 7) is 3.35. The van der Waals surface area contributed by atoms with E-state index in [1.165, 1.54) is 6.07 Å². The van der Waals surface area contributed by atoms with Crippen molar-refractivity contribution in [2.75, 3.05) is 19.7 Å². The van der Waals surface area contributed by atoms with Crippen molar-refractivity contribution in [3.05, 3.63) is 34.2 Å². The number of hydrogen-bond donors (Lipinski definition) is 0. The predicted molar refractivity (Wildman–Crippen MR) is 109 cm³/mol. The van der Waals surface area contributed by atoms with Gasteiger partial charge in [-0.1, -0.05) is 11.2 Å². The fourth-order valence-electron chi connectivity index (χ4n) is 3.58. The Morgan fingerprint density at radius 3 is 2.68 bits per heavy atom. The topological polar surface area (TPSA) is 96.8 Å². The molecule has 1 aromatic rings. The molecule has 8 nitrogen and oxygen atoms in total. The van der Waals surface area contributed by atoms with Crippen LogP contribution in [-0.4, -0.2) is 48.9 Å². The van der Waals surface area contributed by atoms with Gasteiger partial charge in [0.05, 0.1) is 6.61 Å². The van der Waals surface area contributed by atoms with Crippen LogP contribution < -0.4 is 9.47 Å². The summed E-state index contributed by atoms with van der Waals surface area (Å²) in [6, 6.07) is 4.56. The number of rotatable bonds is 8. The van der Waals surface area contributed by atoms with Gasteiger partial charge < -0.3 is 19.1 Å². The van der Waals surface area contributed by atoms with Crippen LogP contribution in [-0.2, 0) is 4.74 Å². The second kappa shape index (κ2) is 9.60. The molecule has 0 N–H and O–H groups in total. The molecule has 2 fully saturated rings. The number of amides is 1. The van der Waals surface area contributed by atoms with Crippen molar-refractivity contribution >= 4 is 6.09 Å². The lowest BCUT2D eigenvalue weighted by atomic mass is 9.96. The molecule has 10 heteroatoms. The SMILES string of the molecule is CC(C)(C)OC(=O)N1CC(c2ccc(OC(F)F)c(OCC3CC3)c2)C[C@H]1CN=[N+]=[N-].